The summed E-state index contributed by atoms with van der Waals surface area (Å²) >= 11 is 1.41. The van der Waals surface area contributed by atoms with Crippen LogP contribution in [-0.2, 0) is 0 Å². The van der Waals surface area contributed by atoms with Gasteiger partial charge in [-0.15, -0.1) is 0 Å². The van der Waals surface area contributed by atoms with E-state index in [1.165, 1.54) is 23.9 Å². The van der Waals surface area contributed by atoms with Crippen LogP contribution in [0.5, 0.6) is 5.75 Å². The second kappa shape index (κ2) is 5.34. The van der Waals surface area contributed by atoms with Gasteiger partial charge in [-0.1, -0.05) is 11.3 Å². The van der Waals surface area contributed by atoms with Gasteiger partial charge in [0.1, 0.15) is 12.0 Å². The van der Waals surface area contributed by atoms with E-state index in [1.54, 1.807) is 6.07 Å². The number of carbonyl (C=O) groups excluding carboxylic acids is 1. The molecule has 3 aromatic rings. The Labute approximate surface area is 119 Å². The van der Waals surface area contributed by atoms with Crippen LogP contribution in [0.15, 0.2) is 41.2 Å². The van der Waals surface area contributed by atoms with Gasteiger partial charge in [-0.25, -0.2) is 4.98 Å². The molecule has 0 fully saturated rings. The van der Waals surface area contributed by atoms with Gasteiger partial charge in [0.05, 0.1) is 28.7 Å². The van der Waals surface area contributed by atoms with Gasteiger partial charge in [0.15, 0.2) is 5.13 Å². The summed E-state index contributed by atoms with van der Waals surface area (Å²) in [5.74, 6) is 0.569. The van der Waals surface area contributed by atoms with Crippen molar-refractivity contribution in [2.45, 2.75) is 6.92 Å². The van der Waals surface area contributed by atoms with E-state index in [1.807, 2.05) is 25.1 Å². The number of benzene rings is 1. The summed E-state index contributed by atoms with van der Waals surface area (Å²) in [5.41, 5.74) is 1.31. The molecular weight excluding hydrogens is 276 g/mol. The molecule has 0 aliphatic carbocycles. The van der Waals surface area contributed by atoms with E-state index >= 15 is 0 Å². The van der Waals surface area contributed by atoms with Crippen molar-refractivity contribution in [1.29, 1.82) is 0 Å². The molecule has 2 heterocycles. The largest absolute Gasteiger partial charge is 0.494 e. The van der Waals surface area contributed by atoms with E-state index in [0.717, 1.165) is 16.0 Å². The van der Waals surface area contributed by atoms with E-state index in [2.05, 4.69) is 10.3 Å². The normalized spacial score (nSPS) is 10.7. The number of nitrogens with zero attached hydrogens (tertiary/aromatic N) is 1. The third kappa shape index (κ3) is 2.50. The van der Waals surface area contributed by atoms with E-state index in [4.69, 9.17) is 9.15 Å². The van der Waals surface area contributed by atoms with E-state index in [0.29, 0.717) is 17.3 Å². The van der Waals surface area contributed by atoms with Crippen molar-refractivity contribution in [3.05, 3.63) is 42.4 Å². The third-order valence-electron chi connectivity index (χ3n) is 2.67. The lowest BCUT2D eigenvalue weighted by atomic mass is 10.3. The molecule has 0 atom stereocenters. The number of fused-ring (bicyclic) bond motifs is 1. The summed E-state index contributed by atoms with van der Waals surface area (Å²) in [4.78, 5) is 16.3. The van der Waals surface area contributed by atoms with Crippen LogP contribution in [0.3, 0.4) is 0 Å². The van der Waals surface area contributed by atoms with Crippen molar-refractivity contribution in [1.82, 2.24) is 4.98 Å². The monoisotopic (exact) mass is 288 g/mol. The number of thiazole rings is 1. The minimum Gasteiger partial charge on any atom is -0.494 e. The summed E-state index contributed by atoms with van der Waals surface area (Å²) in [6, 6.07) is 7.28. The van der Waals surface area contributed by atoms with Crippen molar-refractivity contribution >= 4 is 32.6 Å². The number of ether oxygens (including phenoxy) is 1. The maximum Gasteiger partial charge on any atom is 0.260 e. The van der Waals surface area contributed by atoms with Crippen molar-refractivity contribution in [3.63, 3.8) is 0 Å². The quantitative estimate of drug-likeness (QED) is 0.797. The van der Waals surface area contributed by atoms with Crippen molar-refractivity contribution in [3.8, 4) is 5.75 Å². The zero-order valence-corrected chi connectivity index (χ0v) is 11.6. The molecule has 1 aromatic carbocycles. The number of rotatable bonds is 4. The second-order valence-electron chi connectivity index (χ2n) is 4.05. The van der Waals surface area contributed by atoms with Gasteiger partial charge >= 0.3 is 0 Å². The Kier molecular flexibility index (Phi) is 3.39. The molecule has 2 aromatic heterocycles. The van der Waals surface area contributed by atoms with Crippen LogP contribution < -0.4 is 10.1 Å². The number of aromatic nitrogens is 1. The average Bonchev–Trinajstić information content (AvgIpc) is 3.06. The number of furan rings is 1. The minimum atomic E-state index is -0.233. The van der Waals surface area contributed by atoms with Gasteiger partial charge < -0.3 is 9.15 Å². The smallest absolute Gasteiger partial charge is 0.260 e. The number of amides is 1. The molecule has 102 valence electrons. The van der Waals surface area contributed by atoms with E-state index < -0.39 is 0 Å². The molecule has 0 aliphatic rings. The Morgan fingerprint density at radius 2 is 2.35 bits per heavy atom. The first-order valence-electron chi connectivity index (χ1n) is 6.13. The lowest BCUT2D eigenvalue weighted by Gasteiger charge is -2.00. The third-order valence-corrected chi connectivity index (χ3v) is 3.61. The summed E-state index contributed by atoms with van der Waals surface area (Å²) in [6.07, 6.45) is 2.86. The van der Waals surface area contributed by atoms with Gasteiger partial charge in [-0.2, -0.15) is 0 Å². The molecule has 6 heteroatoms. The van der Waals surface area contributed by atoms with Crippen LogP contribution in [0.2, 0.25) is 0 Å². The van der Waals surface area contributed by atoms with Crippen LogP contribution in [0.1, 0.15) is 17.3 Å². The molecular formula is C14H12N2O3S. The number of anilines is 1. The SMILES string of the molecule is CCOc1ccc2nc(NC(=O)c3ccoc3)sc2c1. The van der Waals surface area contributed by atoms with Gasteiger partial charge in [0.25, 0.3) is 5.91 Å². The van der Waals surface area contributed by atoms with E-state index in [-0.39, 0.29) is 5.91 Å². The Morgan fingerprint density at radius 1 is 1.45 bits per heavy atom. The highest BCUT2D eigenvalue weighted by atomic mass is 32.1. The first kappa shape index (κ1) is 12.7. The molecule has 3 rings (SSSR count). The van der Waals surface area contributed by atoms with Gasteiger partial charge in [-0.3, -0.25) is 10.1 Å². The highest BCUT2D eigenvalue weighted by molar-refractivity contribution is 7.22. The molecule has 0 spiro atoms. The Hall–Kier alpha value is -2.34. The number of hydrogen-bond donors (Lipinski definition) is 1. The fourth-order valence-electron chi connectivity index (χ4n) is 1.78. The fraction of sp³-hybridized carbons (Fsp3) is 0.143. The average molecular weight is 288 g/mol. The van der Waals surface area contributed by atoms with Crippen molar-refractivity contribution in [2.75, 3.05) is 11.9 Å². The van der Waals surface area contributed by atoms with Crippen LogP contribution in [0.4, 0.5) is 5.13 Å². The second-order valence-corrected chi connectivity index (χ2v) is 5.08. The topological polar surface area (TPSA) is 64.4 Å². The fourth-order valence-corrected chi connectivity index (χ4v) is 2.67. The molecule has 0 aliphatic heterocycles. The molecule has 1 N–H and O–H groups in total. The minimum absolute atomic E-state index is 0.233. The summed E-state index contributed by atoms with van der Waals surface area (Å²) in [5, 5.41) is 3.31. The van der Waals surface area contributed by atoms with Crippen LogP contribution in [0.25, 0.3) is 10.2 Å². The standard InChI is InChI=1S/C14H12N2O3S/c1-2-19-10-3-4-11-12(7-10)20-14(15-11)16-13(17)9-5-6-18-8-9/h3-8H,2H2,1H3,(H,15,16,17). The molecule has 0 unspecified atom stereocenters. The van der Waals surface area contributed by atoms with E-state index in [9.17, 15) is 4.79 Å². The first-order chi connectivity index (χ1) is 9.76. The molecule has 20 heavy (non-hydrogen) atoms. The van der Waals surface area contributed by atoms with Crippen LogP contribution in [0, 0.1) is 0 Å². The Balaban J connectivity index is 1.84. The first-order valence-corrected chi connectivity index (χ1v) is 6.95. The van der Waals surface area contributed by atoms with Gasteiger partial charge in [0.2, 0.25) is 0 Å². The number of hydrogen-bond acceptors (Lipinski definition) is 5. The maximum absolute atomic E-state index is 11.9. The summed E-state index contributed by atoms with van der Waals surface area (Å²) in [7, 11) is 0. The predicted octanol–water partition coefficient (Wildman–Crippen LogP) is 3.54. The molecule has 0 bridgehead atoms. The molecule has 0 saturated carbocycles. The Morgan fingerprint density at radius 3 is 3.10 bits per heavy atom. The zero-order valence-electron chi connectivity index (χ0n) is 10.8. The van der Waals surface area contributed by atoms with Crippen molar-refractivity contribution in [2.24, 2.45) is 0 Å². The highest BCUT2D eigenvalue weighted by Crippen LogP contribution is 2.29. The predicted molar refractivity (Wildman–Crippen MR) is 77.5 cm³/mol. The maximum atomic E-state index is 11.9. The lowest BCUT2D eigenvalue weighted by molar-refractivity contribution is 0.102. The van der Waals surface area contributed by atoms with Crippen molar-refractivity contribution < 1.29 is 13.9 Å². The Bertz CT molecular complexity index is 734. The van der Waals surface area contributed by atoms with Gasteiger partial charge in [-0.05, 0) is 31.2 Å². The molecule has 1 amide bonds. The molecule has 5 nitrogen and oxygen atoms in total. The lowest BCUT2D eigenvalue weighted by Crippen LogP contribution is -2.10. The number of nitrogens with one attached hydrogen (secondary N) is 1. The summed E-state index contributed by atoms with van der Waals surface area (Å²) in [6.45, 7) is 2.56. The highest BCUT2D eigenvalue weighted by Gasteiger charge is 2.11. The molecule has 0 radical (unpaired) electrons. The molecule has 0 saturated heterocycles. The van der Waals surface area contributed by atoms with Gasteiger partial charge in [0, 0.05) is 0 Å². The zero-order chi connectivity index (χ0) is 13.9. The summed E-state index contributed by atoms with van der Waals surface area (Å²) < 4.78 is 11.3. The van der Waals surface area contributed by atoms with Crippen LogP contribution in [-0.4, -0.2) is 17.5 Å². The number of carbonyl (C=O) groups is 1. The van der Waals surface area contributed by atoms with Crippen LogP contribution >= 0.6 is 11.3 Å².